The molecule has 1 saturated carbocycles. The van der Waals surface area contributed by atoms with Crippen LogP contribution >= 0.6 is 11.8 Å². The quantitative estimate of drug-likeness (QED) is 0.608. The van der Waals surface area contributed by atoms with Gasteiger partial charge in [-0.05, 0) is 55.2 Å². The van der Waals surface area contributed by atoms with Gasteiger partial charge in [0.2, 0.25) is 0 Å². The standard InChI is InChI=1S/C26H30N2O2S/c1-18-10-8-9-11-19(18)17-24-26(30)28(2)22-16-20(14-15-23(22)31-24)25(29)27-21-12-6-4-3-5-7-13-21/h8-11,14-17,21H,3-7,12-13H2,1-2H3,(H,27,29)/b24-17-. The molecule has 4 nitrogen and oxygen atoms in total. The smallest absolute Gasteiger partial charge is 0.264 e. The number of benzene rings is 2. The number of rotatable bonds is 3. The lowest BCUT2D eigenvalue weighted by Gasteiger charge is -2.28. The fraction of sp³-hybridized carbons (Fsp3) is 0.385. The molecule has 5 heteroatoms. The molecule has 1 aliphatic heterocycles. The van der Waals surface area contributed by atoms with Crippen molar-refractivity contribution in [3.8, 4) is 0 Å². The molecule has 2 aliphatic rings. The van der Waals surface area contributed by atoms with Crippen LogP contribution in [-0.2, 0) is 4.79 Å². The van der Waals surface area contributed by atoms with E-state index in [-0.39, 0.29) is 17.9 Å². The Morgan fingerprint density at radius 3 is 2.52 bits per heavy atom. The molecule has 2 amide bonds. The maximum atomic E-state index is 13.0. The van der Waals surface area contributed by atoms with Crippen LogP contribution in [0.3, 0.4) is 0 Å². The molecular formula is C26H30N2O2S. The monoisotopic (exact) mass is 434 g/mol. The van der Waals surface area contributed by atoms with Gasteiger partial charge in [0, 0.05) is 23.5 Å². The Labute approximate surface area is 189 Å². The summed E-state index contributed by atoms with van der Waals surface area (Å²) in [6, 6.07) is 14.0. The first-order chi connectivity index (χ1) is 15.0. The summed E-state index contributed by atoms with van der Waals surface area (Å²) in [4.78, 5) is 29.2. The first kappa shape index (κ1) is 21.7. The number of hydrogen-bond acceptors (Lipinski definition) is 3. The van der Waals surface area contributed by atoms with E-state index >= 15 is 0 Å². The van der Waals surface area contributed by atoms with Crippen molar-refractivity contribution in [2.45, 2.75) is 62.8 Å². The second-order valence-electron chi connectivity index (χ2n) is 8.53. The first-order valence-corrected chi connectivity index (χ1v) is 12.0. The Hall–Kier alpha value is -2.53. The lowest BCUT2D eigenvalue weighted by Crippen LogP contribution is -2.35. The molecule has 1 fully saturated rings. The highest BCUT2D eigenvalue weighted by Crippen LogP contribution is 2.42. The molecule has 0 radical (unpaired) electrons. The van der Waals surface area contributed by atoms with Gasteiger partial charge in [0.25, 0.3) is 11.8 Å². The predicted molar refractivity (Wildman–Crippen MR) is 128 cm³/mol. The fourth-order valence-electron chi connectivity index (χ4n) is 4.29. The summed E-state index contributed by atoms with van der Waals surface area (Å²) in [5.74, 6) is -0.0844. The summed E-state index contributed by atoms with van der Waals surface area (Å²) >= 11 is 1.47. The van der Waals surface area contributed by atoms with E-state index in [1.54, 1.807) is 11.9 Å². The Morgan fingerprint density at radius 1 is 1.06 bits per heavy atom. The SMILES string of the molecule is Cc1ccccc1/C=C1\Sc2ccc(C(=O)NC3CCCCCCC3)cc2N(C)C1=O. The topological polar surface area (TPSA) is 49.4 Å². The summed E-state index contributed by atoms with van der Waals surface area (Å²) in [6.07, 6.45) is 10.2. The third kappa shape index (κ3) is 5.04. The molecule has 0 unspecified atom stereocenters. The van der Waals surface area contributed by atoms with Gasteiger partial charge in [-0.15, -0.1) is 0 Å². The molecule has 162 valence electrons. The lowest BCUT2D eigenvalue weighted by atomic mass is 9.96. The summed E-state index contributed by atoms with van der Waals surface area (Å²) in [5, 5.41) is 3.22. The second-order valence-corrected chi connectivity index (χ2v) is 9.61. The second kappa shape index (κ2) is 9.73. The Bertz CT molecular complexity index is 1010. The molecule has 1 N–H and O–H groups in total. The van der Waals surface area contributed by atoms with Gasteiger partial charge in [-0.3, -0.25) is 9.59 Å². The van der Waals surface area contributed by atoms with E-state index < -0.39 is 0 Å². The molecule has 4 rings (SSSR count). The minimum absolute atomic E-state index is 0.0412. The number of anilines is 1. The van der Waals surface area contributed by atoms with E-state index in [1.165, 1.54) is 43.9 Å². The predicted octanol–water partition coefficient (Wildman–Crippen LogP) is 5.95. The van der Waals surface area contributed by atoms with Gasteiger partial charge in [-0.25, -0.2) is 0 Å². The van der Waals surface area contributed by atoms with Crippen LogP contribution in [-0.4, -0.2) is 24.9 Å². The molecule has 0 saturated heterocycles. The van der Waals surface area contributed by atoms with Crippen molar-refractivity contribution in [3.63, 3.8) is 0 Å². The van der Waals surface area contributed by atoms with Crippen LogP contribution in [0.2, 0.25) is 0 Å². The Morgan fingerprint density at radius 2 is 1.77 bits per heavy atom. The first-order valence-electron chi connectivity index (χ1n) is 11.2. The van der Waals surface area contributed by atoms with Gasteiger partial charge in [0.15, 0.2) is 0 Å². The van der Waals surface area contributed by atoms with Gasteiger partial charge in [0.05, 0.1) is 10.6 Å². The average Bonchev–Trinajstić information content (AvgIpc) is 2.75. The van der Waals surface area contributed by atoms with Gasteiger partial charge in [0.1, 0.15) is 0 Å². The fourth-order valence-corrected chi connectivity index (χ4v) is 5.38. The number of nitrogens with one attached hydrogen (secondary N) is 1. The number of hydrogen-bond donors (Lipinski definition) is 1. The molecule has 31 heavy (non-hydrogen) atoms. The zero-order chi connectivity index (χ0) is 21.8. The van der Waals surface area contributed by atoms with Gasteiger partial charge < -0.3 is 10.2 Å². The molecule has 0 aromatic heterocycles. The Balaban J connectivity index is 1.53. The van der Waals surface area contributed by atoms with Crippen molar-refractivity contribution in [2.24, 2.45) is 0 Å². The van der Waals surface area contributed by atoms with E-state index in [1.807, 2.05) is 55.5 Å². The largest absolute Gasteiger partial charge is 0.349 e. The number of likely N-dealkylation sites (N-methyl/N-ethyl adjacent to an activating group) is 1. The van der Waals surface area contributed by atoms with Crippen LogP contribution in [0.4, 0.5) is 5.69 Å². The molecule has 0 spiro atoms. The summed E-state index contributed by atoms with van der Waals surface area (Å²) < 4.78 is 0. The van der Waals surface area contributed by atoms with Gasteiger partial charge in [-0.2, -0.15) is 0 Å². The van der Waals surface area contributed by atoms with Crippen molar-refractivity contribution in [3.05, 3.63) is 64.1 Å². The highest BCUT2D eigenvalue weighted by molar-refractivity contribution is 8.04. The number of thioether (sulfide) groups is 1. The number of carbonyl (C=O) groups is 2. The summed E-state index contributed by atoms with van der Waals surface area (Å²) in [7, 11) is 1.78. The van der Waals surface area contributed by atoms with Crippen LogP contribution in [0.5, 0.6) is 0 Å². The molecule has 0 bridgehead atoms. The van der Waals surface area contributed by atoms with Crippen molar-refractivity contribution < 1.29 is 9.59 Å². The molecule has 1 aliphatic carbocycles. The molecule has 2 aromatic rings. The molecule has 1 heterocycles. The van der Waals surface area contributed by atoms with Crippen molar-refractivity contribution in [2.75, 3.05) is 11.9 Å². The van der Waals surface area contributed by atoms with Crippen molar-refractivity contribution in [1.29, 1.82) is 0 Å². The number of nitrogens with zero attached hydrogens (tertiary/aromatic N) is 1. The maximum absolute atomic E-state index is 13.0. The summed E-state index contributed by atoms with van der Waals surface area (Å²) in [6.45, 7) is 2.04. The van der Waals surface area contributed by atoms with E-state index in [9.17, 15) is 9.59 Å². The summed E-state index contributed by atoms with van der Waals surface area (Å²) in [5.41, 5.74) is 3.60. The van der Waals surface area contributed by atoms with Crippen LogP contribution in [0, 0.1) is 6.92 Å². The minimum Gasteiger partial charge on any atom is -0.349 e. The normalized spacial score (nSPS) is 19.0. The minimum atomic E-state index is -0.0432. The number of fused-ring (bicyclic) bond motifs is 1. The van der Waals surface area contributed by atoms with Gasteiger partial charge in [-0.1, -0.05) is 68.1 Å². The molecular weight excluding hydrogens is 404 g/mol. The van der Waals surface area contributed by atoms with E-state index in [0.717, 1.165) is 34.6 Å². The third-order valence-electron chi connectivity index (χ3n) is 6.23. The Kier molecular flexibility index (Phi) is 6.81. The number of amides is 2. The zero-order valence-electron chi connectivity index (χ0n) is 18.3. The highest BCUT2D eigenvalue weighted by Gasteiger charge is 2.27. The van der Waals surface area contributed by atoms with Crippen LogP contribution < -0.4 is 10.2 Å². The highest BCUT2D eigenvalue weighted by atomic mass is 32.2. The number of carbonyl (C=O) groups excluding carboxylic acids is 2. The van der Waals surface area contributed by atoms with Crippen molar-refractivity contribution >= 4 is 35.3 Å². The van der Waals surface area contributed by atoms with E-state index in [2.05, 4.69) is 5.32 Å². The lowest BCUT2D eigenvalue weighted by molar-refractivity contribution is -0.114. The molecule has 0 atom stereocenters. The van der Waals surface area contributed by atoms with Crippen LogP contribution in [0.1, 0.15) is 66.4 Å². The van der Waals surface area contributed by atoms with E-state index in [0.29, 0.717) is 10.5 Å². The van der Waals surface area contributed by atoms with Crippen LogP contribution in [0.25, 0.3) is 6.08 Å². The van der Waals surface area contributed by atoms with Crippen LogP contribution in [0.15, 0.2) is 52.3 Å². The van der Waals surface area contributed by atoms with Crippen molar-refractivity contribution in [1.82, 2.24) is 5.32 Å². The van der Waals surface area contributed by atoms with E-state index in [4.69, 9.17) is 0 Å². The zero-order valence-corrected chi connectivity index (χ0v) is 19.1. The maximum Gasteiger partial charge on any atom is 0.264 e. The average molecular weight is 435 g/mol. The van der Waals surface area contributed by atoms with Gasteiger partial charge >= 0.3 is 0 Å². The molecule has 2 aromatic carbocycles. The number of aryl methyl sites for hydroxylation is 1. The third-order valence-corrected chi connectivity index (χ3v) is 7.31.